The molecule has 136 valence electrons. The lowest BCUT2D eigenvalue weighted by Crippen LogP contribution is -2.23. The van der Waals surface area contributed by atoms with Crippen LogP contribution < -0.4 is 10.1 Å². The Labute approximate surface area is 158 Å². The minimum atomic E-state index is -0.789. The van der Waals surface area contributed by atoms with Gasteiger partial charge in [-0.25, -0.2) is 13.8 Å². The molecule has 0 spiro atoms. The molecule has 1 heterocycles. The van der Waals surface area contributed by atoms with Gasteiger partial charge in [0.25, 0.3) is 5.91 Å². The van der Waals surface area contributed by atoms with Crippen LogP contribution in [0, 0.1) is 23.5 Å². The topological polar surface area (TPSA) is 51.2 Å². The Bertz CT molecular complexity index is 994. The van der Waals surface area contributed by atoms with E-state index in [0.717, 1.165) is 22.7 Å². The van der Waals surface area contributed by atoms with Crippen LogP contribution in [0.25, 0.3) is 10.6 Å². The van der Waals surface area contributed by atoms with Crippen molar-refractivity contribution in [2.24, 2.45) is 0 Å². The molecule has 7 heteroatoms. The van der Waals surface area contributed by atoms with E-state index in [2.05, 4.69) is 22.1 Å². The van der Waals surface area contributed by atoms with E-state index in [-0.39, 0.29) is 24.8 Å². The summed E-state index contributed by atoms with van der Waals surface area (Å²) in [6.45, 7) is 0.0274. The smallest absolute Gasteiger partial charge is 0.271 e. The first-order valence-corrected chi connectivity index (χ1v) is 8.84. The average Bonchev–Trinajstić information content (AvgIpc) is 3.17. The number of rotatable bonds is 5. The Balaban J connectivity index is 1.46. The van der Waals surface area contributed by atoms with Gasteiger partial charge in [0, 0.05) is 17.0 Å². The highest BCUT2D eigenvalue weighted by molar-refractivity contribution is 7.13. The van der Waals surface area contributed by atoms with E-state index >= 15 is 0 Å². The van der Waals surface area contributed by atoms with Gasteiger partial charge in [-0.15, -0.1) is 11.3 Å². The van der Waals surface area contributed by atoms with Crippen LogP contribution in [0.4, 0.5) is 8.78 Å². The van der Waals surface area contributed by atoms with Crippen LogP contribution in [0.1, 0.15) is 10.5 Å². The first-order chi connectivity index (χ1) is 13.1. The number of carbonyl (C=O) groups excluding carboxylic acids is 1. The van der Waals surface area contributed by atoms with Crippen molar-refractivity contribution in [3.63, 3.8) is 0 Å². The molecule has 0 aliphatic carbocycles. The molecule has 1 aromatic heterocycles. The minimum Gasteiger partial charge on any atom is -0.478 e. The molecule has 3 rings (SSSR count). The van der Waals surface area contributed by atoms with Crippen molar-refractivity contribution in [1.82, 2.24) is 10.3 Å². The zero-order valence-corrected chi connectivity index (χ0v) is 14.9. The van der Waals surface area contributed by atoms with Crippen LogP contribution in [0.15, 0.2) is 53.9 Å². The van der Waals surface area contributed by atoms with Gasteiger partial charge < -0.3 is 10.1 Å². The second-order valence-electron chi connectivity index (χ2n) is 5.30. The largest absolute Gasteiger partial charge is 0.478 e. The lowest BCUT2D eigenvalue weighted by Gasteiger charge is -2.02. The van der Waals surface area contributed by atoms with Crippen molar-refractivity contribution in [2.45, 2.75) is 0 Å². The summed E-state index contributed by atoms with van der Waals surface area (Å²) in [5.74, 6) is 3.48. The van der Waals surface area contributed by atoms with Crippen molar-refractivity contribution >= 4 is 17.2 Å². The number of nitrogens with zero attached hydrogens (tertiary/aromatic N) is 1. The lowest BCUT2D eigenvalue weighted by atomic mass is 10.2. The van der Waals surface area contributed by atoms with Crippen molar-refractivity contribution < 1.29 is 18.3 Å². The first-order valence-electron chi connectivity index (χ1n) is 7.96. The van der Waals surface area contributed by atoms with Crippen LogP contribution >= 0.6 is 11.3 Å². The Morgan fingerprint density at radius 1 is 1.15 bits per heavy atom. The molecule has 1 amide bonds. The fraction of sp³-hybridized carbons (Fsp3) is 0.100. The summed E-state index contributed by atoms with van der Waals surface area (Å²) in [6, 6.07) is 12.6. The number of amides is 1. The monoisotopic (exact) mass is 384 g/mol. The van der Waals surface area contributed by atoms with Crippen molar-refractivity contribution in [3.05, 3.63) is 71.2 Å². The van der Waals surface area contributed by atoms with E-state index in [4.69, 9.17) is 4.74 Å². The number of hydrogen-bond acceptors (Lipinski definition) is 4. The van der Waals surface area contributed by atoms with Gasteiger partial charge in [-0.05, 0) is 12.1 Å². The highest BCUT2D eigenvalue weighted by Gasteiger charge is 2.10. The van der Waals surface area contributed by atoms with E-state index in [9.17, 15) is 13.6 Å². The maximum atomic E-state index is 13.4. The van der Waals surface area contributed by atoms with Crippen LogP contribution in [-0.4, -0.2) is 24.0 Å². The summed E-state index contributed by atoms with van der Waals surface area (Å²) in [5, 5.41) is 5.09. The van der Waals surface area contributed by atoms with E-state index < -0.39 is 11.6 Å². The second-order valence-corrected chi connectivity index (χ2v) is 6.16. The lowest BCUT2D eigenvalue weighted by molar-refractivity contribution is 0.0954. The third kappa shape index (κ3) is 5.12. The maximum Gasteiger partial charge on any atom is 0.271 e. The highest BCUT2D eigenvalue weighted by Crippen LogP contribution is 2.23. The van der Waals surface area contributed by atoms with Gasteiger partial charge in [0.2, 0.25) is 0 Å². The second kappa shape index (κ2) is 8.92. The molecule has 0 atom stereocenters. The van der Waals surface area contributed by atoms with Crippen LogP contribution in [0.3, 0.4) is 0 Å². The summed E-state index contributed by atoms with van der Waals surface area (Å²) in [4.78, 5) is 16.4. The number of ether oxygens (including phenoxy) is 1. The molecule has 3 aromatic rings. The standard InChI is InChI=1S/C20H14F2N2O2S/c21-15-8-9-18(16(22)12-15)26-11-5-4-10-23-19(25)17-13-27-20(24-17)14-6-2-1-3-7-14/h1-3,6-9,12-13H,10-11H2,(H,23,25). The summed E-state index contributed by atoms with van der Waals surface area (Å²) in [6.07, 6.45) is 0. The quantitative estimate of drug-likeness (QED) is 0.679. The molecule has 0 saturated carbocycles. The molecule has 2 aromatic carbocycles. The molecule has 1 N–H and O–H groups in total. The van der Waals surface area contributed by atoms with Gasteiger partial charge in [-0.1, -0.05) is 42.2 Å². The van der Waals surface area contributed by atoms with Gasteiger partial charge in [0.15, 0.2) is 11.6 Å². The summed E-state index contributed by atoms with van der Waals surface area (Å²) < 4.78 is 31.2. The average molecular weight is 384 g/mol. The molecule has 0 radical (unpaired) electrons. The molecule has 0 bridgehead atoms. The van der Waals surface area contributed by atoms with Gasteiger partial charge in [-0.2, -0.15) is 0 Å². The van der Waals surface area contributed by atoms with Crippen LogP contribution in [-0.2, 0) is 0 Å². The van der Waals surface area contributed by atoms with E-state index in [0.29, 0.717) is 5.69 Å². The van der Waals surface area contributed by atoms with Gasteiger partial charge in [-0.3, -0.25) is 4.79 Å². The van der Waals surface area contributed by atoms with Crippen molar-refractivity contribution in [3.8, 4) is 28.2 Å². The third-order valence-corrected chi connectivity index (χ3v) is 4.31. The van der Waals surface area contributed by atoms with E-state index in [1.807, 2.05) is 30.3 Å². The zero-order chi connectivity index (χ0) is 19.1. The van der Waals surface area contributed by atoms with E-state index in [1.54, 1.807) is 5.38 Å². The first kappa shape index (κ1) is 18.5. The predicted octanol–water partition coefficient (Wildman–Crippen LogP) is 3.90. The molecule has 0 aliphatic rings. The summed E-state index contributed by atoms with van der Waals surface area (Å²) >= 11 is 1.39. The number of halogens is 2. The third-order valence-electron chi connectivity index (χ3n) is 3.41. The predicted molar refractivity (Wildman–Crippen MR) is 99.5 cm³/mol. The summed E-state index contributed by atoms with van der Waals surface area (Å²) in [5.41, 5.74) is 1.27. The van der Waals surface area contributed by atoms with Crippen molar-refractivity contribution in [2.75, 3.05) is 13.2 Å². The highest BCUT2D eigenvalue weighted by atomic mass is 32.1. The number of benzene rings is 2. The maximum absolute atomic E-state index is 13.4. The number of nitrogens with one attached hydrogen (secondary N) is 1. The molecule has 0 aliphatic heterocycles. The number of thiazole rings is 1. The van der Waals surface area contributed by atoms with Crippen molar-refractivity contribution in [1.29, 1.82) is 0 Å². The van der Waals surface area contributed by atoms with Gasteiger partial charge >= 0.3 is 0 Å². The SMILES string of the molecule is O=C(NCC#CCOc1ccc(F)cc1F)c1csc(-c2ccccc2)n1. The van der Waals surface area contributed by atoms with E-state index in [1.165, 1.54) is 17.4 Å². The fourth-order valence-electron chi connectivity index (χ4n) is 2.13. The molecule has 27 heavy (non-hydrogen) atoms. The normalized spacial score (nSPS) is 10.0. The Hall–Kier alpha value is -3.24. The number of aromatic nitrogens is 1. The number of hydrogen-bond donors (Lipinski definition) is 1. The summed E-state index contributed by atoms with van der Waals surface area (Å²) in [7, 11) is 0. The Morgan fingerprint density at radius 2 is 1.96 bits per heavy atom. The van der Waals surface area contributed by atoms with Crippen LogP contribution in [0.5, 0.6) is 5.75 Å². The fourth-order valence-corrected chi connectivity index (χ4v) is 2.93. The minimum absolute atomic E-state index is 0.0761. The van der Waals surface area contributed by atoms with Crippen LogP contribution in [0.2, 0.25) is 0 Å². The molecule has 4 nitrogen and oxygen atoms in total. The molecule has 0 unspecified atom stereocenters. The zero-order valence-electron chi connectivity index (χ0n) is 14.0. The molecule has 0 fully saturated rings. The van der Waals surface area contributed by atoms with Gasteiger partial charge in [0.05, 0.1) is 6.54 Å². The Kier molecular flexibility index (Phi) is 6.13. The molecular formula is C20H14F2N2O2S. The molecule has 0 saturated heterocycles. The van der Waals surface area contributed by atoms with Gasteiger partial charge in [0.1, 0.15) is 23.1 Å². The number of carbonyl (C=O) groups is 1. The Morgan fingerprint density at radius 3 is 2.74 bits per heavy atom. The molecular weight excluding hydrogens is 370 g/mol.